The van der Waals surface area contributed by atoms with Crippen molar-refractivity contribution in [2.45, 2.75) is 26.9 Å². The average molecular weight is 314 g/mol. The highest BCUT2D eigenvalue weighted by Gasteiger charge is 2.19. The highest BCUT2D eigenvalue weighted by molar-refractivity contribution is 6.11. The zero-order valence-corrected chi connectivity index (χ0v) is 13.2. The Bertz CT molecular complexity index is 762. The zero-order valence-electron chi connectivity index (χ0n) is 13.2. The van der Waals surface area contributed by atoms with Crippen LogP contribution in [0.4, 0.5) is 0 Å². The number of phenols is 2. The maximum absolute atomic E-state index is 12.5. The second-order valence-corrected chi connectivity index (χ2v) is 5.54. The van der Waals surface area contributed by atoms with Gasteiger partial charge < -0.3 is 14.9 Å². The third-order valence-electron chi connectivity index (χ3n) is 3.22. The van der Waals surface area contributed by atoms with E-state index < -0.39 is 11.8 Å². The number of phenolic OH excluding ortho intramolecular Hbond substituents is 2. The first-order valence-electron chi connectivity index (χ1n) is 7.18. The van der Waals surface area contributed by atoms with Crippen LogP contribution >= 0.6 is 0 Å². The van der Waals surface area contributed by atoms with Gasteiger partial charge in [0, 0.05) is 5.56 Å². The molecule has 0 saturated carbocycles. The SMILES string of the molecule is Cc1ccc(C(=O)c2ccc(O)c(C(=O)OC(C)C)c2)c(O)c1. The van der Waals surface area contributed by atoms with Crippen molar-refractivity contribution in [1.82, 2.24) is 0 Å². The number of carbonyl (C=O) groups is 2. The fourth-order valence-corrected chi connectivity index (χ4v) is 2.11. The topological polar surface area (TPSA) is 83.8 Å². The van der Waals surface area contributed by atoms with Crippen LogP contribution in [0.3, 0.4) is 0 Å². The summed E-state index contributed by atoms with van der Waals surface area (Å²) in [6.45, 7) is 5.18. The average Bonchev–Trinajstić information content (AvgIpc) is 2.46. The summed E-state index contributed by atoms with van der Waals surface area (Å²) >= 11 is 0. The molecule has 5 heteroatoms. The second-order valence-electron chi connectivity index (χ2n) is 5.54. The second kappa shape index (κ2) is 6.52. The van der Waals surface area contributed by atoms with Crippen LogP contribution in [0.25, 0.3) is 0 Å². The van der Waals surface area contributed by atoms with Crippen molar-refractivity contribution >= 4 is 11.8 Å². The molecule has 2 aromatic carbocycles. The molecule has 5 nitrogen and oxygen atoms in total. The summed E-state index contributed by atoms with van der Waals surface area (Å²) in [4.78, 5) is 24.4. The molecule has 0 radical (unpaired) electrons. The van der Waals surface area contributed by atoms with E-state index in [0.717, 1.165) is 5.56 Å². The monoisotopic (exact) mass is 314 g/mol. The summed E-state index contributed by atoms with van der Waals surface area (Å²) in [5.41, 5.74) is 1.05. The molecule has 0 spiro atoms. The fraction of sp³-hybridized carbons (Fsp3) is 0.222. The van der Waals surface area contributed by atoms with Crippen molar-refractivity contribution in [2.75, 3.05) is 0 Å². The van der Waals surface area contributed by atoms with E-state index in [0.29, 0.717) is 0 Å². The van der Waals surface area contributed by atoms with E-state index >= 15 is 0 Å². The van der Waals surface area contributed by atoms with Gasteiger partial charge in [0.2, 0.25) is 0 Å². The first kappa shape index (κ1) is 16.5. The van der Waals surface area contributed by atoms with Gasteiger partial charge in [-0.1, -0.05) is 6.07 Å². The molecule has 0 aliphatic heterocycles. The lowest BCUT2D eigenvalue weighted by Crippen LogP contribution is -2.13. The minimum absolute atomic E-state index is 0.0869. The van der Waals surface area contributed by atoms with Crippen molar-refractivity contribution in [3.63, 3.8) is 0 Å². The summed E-state index contributed by atoms with van der Waals surface area (Å²) in [7, 11) is 0. The summed E-state index contributed by atoms with van der Waals surface area (Å²) in [5.74, 6) is -1.55. The van der Waals surface area contributed by atoms with Crippen LogP contribution in [0, 0.1) is 6.92 Å². The summed E-state index contributed by atoms with van der Waals surface area (Å²) in [6.07, 6.45) is -0.345. The molecular formula is C18H18O5. The van der Waals surface area contributed by atoms with Gasteiger partial charge in [-0.25, -0.2) is 4.79 Å². The molecule has 23 heavy (non-hydrogen) atoms. The molecule has 0 fully saturated rings. The maximum atomic E-state index is 12.5. The third-order valence-corrected chi connectivity index (χ3v) is 3.22. The predicted molar refractivity (Wildman–Crippen MR) is 84.9 cm³/mol. The first-order valence-corrected chi connectivity index (χ1v) is 7.18. The molecule has 0 atom stereocenters. The van der Waals surface area contributed by atoms with Crippen molar-refractivity contribution < 1.29 is 24.5 Å². The van der Waals surface area contributed by atoms with Gasteiger partial charge in [-0.3, -0.25) is 4.79 Å². The van der Waals surface area contributed by atoms with Gasteiger partial charge in [0.25, 0.3) is 0 Å². The number of hydrogen-bond acceptors (Lipinski definition) is 5. The fourth-order valence-electron chi connectivity index (χ4n) is 2.11. The van der Waals surface area contributed by atoms with Crippen molar-refractivity contribution in [3.8, 4) is 11.5 Å². The molecule has 0 aliphatic carbocycles. The molecule has 0 heterocycles. The maximum Gasteiger partial charge on any atom is 0.342 e. The molecule has 2 N–H and O–H groups in total. The van der Waals surface area contributed by atoms with Crippen LogP contribution in [0.1, 0.15) is 45.7 Å². The van der Waals surface area contributed by atoms with Crippen molar-refractivity contribution in [2.24, 2.45) is 0 Å². The molecule has 2 aromatic rings. The molecule has 0 amide bonds. The Hall–Kier alpha value is -2.82. The first-order chi connectivity index (χ1) is 10.8. The highest BCUT2D eigenvalue weighted by Crippen LogP contribution is 2.25. The minimum Gasteiger partial charge on any atom is -0.507 e. The number of ether oxygens (including phenoxy) is 1. The lowest BCUT2D eigenvalue weighted by molar-refractivity contribution is 0.0374. The van der Waals surface area contributed by atoms with Gasteiger partial charge in [-0.2, -0.15) is 0 Å². The number of aryl methyl sites for hydroxylation is 1. The Kier molecular flexibility index (Phi) is 4.69. The Morgan fingerprint density at radius 1 is 0.957 bits per heavy atom. The van der Waals surface area contributed by atoms with Crippen LogP contribution in [0.15, 0.2) is 36.4 Å². The van der Waals surface area contributed by atoms with Gasteiger partial charge in [-0.05, 0) is 56.7 Å². The normalized spacial score (nSPS) is 10.6. The van der Waals surface area contributed by atoms with E-state index in [1.165, 1.54) is 30.3 Å². The molecule has 0 bridgehead atoms. The summed E-state index contributed by atoms with van der Waals surface area (Å²) in [5, 5.41) is 19.7. The lowest BCUT2D eigenvalue weighted by atomic mass is 9.99. The van der Waals surface area contributed by atoms with Crippen LogP contribution in [0.5, 0.6) is 11.5 Å². The number of benzene rings is 2. The minimum atomic E-state index is -0.708. The van der Waals surface area contributed by atoms with Gasteiger partial charge in [0.1, 0.15) is 17.1 Å². The summed E-state index contributed by atoms with van der Waals surface area (Å²) in [6, 6.07) is 8.63. The molecule has 0 aromatic heterocycles. The van der Waals surface area contributed by atoms with Crippen molar-refractivity contribution in [3.05, 3.63) is 58.7 Å². The molecular weight excluding hydrogens is 296 g/mol. The number of hydrogen-bond donors (Lipinski definition) is 2. The number of aromatic hydroxyl groups is 2. The van der Waals surface area contributed by atoms with Crippen LogP contribution in [0.2, 0.25) is 0 Å². The van der Waals surface area contributed by atoms with Crippen molar-refractivity contribution in [1.29, 1.82) is 0 Å². The molecule has 2 rings (SSSR count). The Balaban J connectivity index is 2.40. The van der Waals surface area contributed by atoms with Gasteiger partial charge in [-0.15, -0.1) is 0 Å². The van der Waals surface area contributed by atoms with E-state index in [4.69, 9.17) is 4.74 Å². The Morgan fingerprint density at radius 2 is 1.65 bits per heavy atom. The lowest BCUT2D eigenvalue weighted by Gasteiger charge is -2.11. The molecule has 0 aliphatic rings. The quantitative estimate of drug-likeness (QED) is 0.669. The van der Waals surface area contributed by atoms with Crippen LogP contribution in [-0.2, 0) is 4.74 Å². The number of esters is 1. The van der Waals surface area contributed by atoms with E-state index in [2.05, 4.69) is 0 Å². The van der Waals surface area contributed by atoms with E-state index in [-0.39, 0.29) is 34.3 Å². The predicted octanol–water partition coefficient (Wildman–Crippen LogP) is 3.20. The van der Waals surface area contributed by atoms with E-state index in [9.17, 15) is 19.8 Å². The number of rotatable bonds is 4. The number of carbonyl (C=O) groups excluding carboxylic acids is 2. The smallest absolute Gasteiger partial charge is 0.342 e. The van der Waals surface area contributed by atoms with Gasteiger partial charge >= 0.3 is 5.97 Å². The number of ketones is 1. The molecule has 0 unspecified atom stereocenters. The molecule has 0 saturated heterocycles. The van der Waals surface area contributed by atoms with E-state index in [1.807, 2.05) is 0 Å². The van der Waals surface area contributed by atoms with Crippen LogP contribution in [-0.4, -0.2) is 28.1 Å². The Labute approximate surface area is 134 Å². The third kappa shape index (κ3) is 3.69. The largest absolute Gasteiger partial charge is 0.507 e. The van der Waals surface area contributed by atoms with Gasteiger partial charge in [0.05, 0.1) is 11.7 Å². The standard InChI is InChI=1S/C18H18O5/c1-10(2)23-18(22)14-9-12(5-7-15(14)19)17(21)13-6-4-11(3)8-16(13)20/h4-10,19-20H,1-3H3. The van der Waals surface area contributed by atoms with Crippen LogP contribution < -0.4 is 0 Å². The summed E-state index contributed by atoms with van der Waals surface area (Å²) < 4.78 is 5.04. The molecule has 120 valence electrons. The van der Waals surface area contributed by atoms with E-state index in [1.54, 1.807) is 26.8 Å². The highest BCUT2D eigenvalue weighted by atomic mass is 16.5. The van der Waals surface area contributed by atoms with Gasteiger partial charge in [0.15, 0.2) is 5.78 Å². The zero-order chi connectivity index (χ0) is 17.1. The Morgan fingerprint density at radius 3 is 2.26 bits per heavy atom.